The van der Waals surface area contributed by atoms with Crippen molar-refractivity contribution in [3.63, 3.8) is 0 Å². The van der Waals surface area contributed by atoms with Gasteiger partial charge in [-0.15, -0.1) is 0 Å². The van der Waals surface area contributed by atoms with Crippen LogP contribution in [0.3, 0.4) is 0 Å². The molecule has 0 fully saturated rings. The number of aliphatic carboxylic acids is 1. The SMILES string of the molecule is Cc1cc2oc(-c3ccc(Cl)cc3)c(OC(C)C(=O)O)c(=O)c2cc1Cl. The van der Waals surface area contributed by atoms with Gasteiger partial charge in [-0.05, 0) is 55.8 Å². The van der Waals surface area contributed by atoms with Crippen LogP contribution in [0.1, 0.15) is 12.5 Å². The summed E-state index contributed by atoms with van der Waals surface area (Å²) in [6, 6.07) is 9.74. The summed E-state index contributed by atoms with van der Waals surface area (Å²) in [6.07, 6.45) is -1.23. The molecule has 0 radical (unpaired) electrons. The van der Waals surface area contributed by atoms with Crippen molar-refractivity contribution < 1.29 is 19.1 Å². The fraction of sp³-hybridized carbons (Fsp3) is 0.158. The summed E-state index contributed by atoms with van der Waals surface area (Å²) in [5.74, 6) is -1.25. The molecule has 3 rings (SSSR count). The van der Waals surface area contributed by atoms with Gasteiger partial charge < -0.3 is 14.3 Å². The van der Waals surface area contributed by atoms with E-state index in [0.717, 1.165) is 5.56 Å². The quantitative estimate of drug-likeness (QED) is 0.681. The van der Waals surface area contributed by atoms with Crippen molar-refractivity contribution >= 4 is 40.1 Å². The summed E-state index contributed by atoms with van der Waals surface area (Å²) in [7, 11) is 0. The van der Waals surface area contributed by atoms with Crippen molar-refractivity contribution in [1.29, 1.82) is 0 Å². The molecular formula is C19H14Cl2O5. The molecule has 26 heavy (non-hydrogen) atoms. The zero-order valence-electron chi connectivity index (χ0n) is 13.9. The number of carboxylic acid groups (broad SMARTS) is 1. The summed E-state index contributed by atoms with van der Waals surface area (Å²) in [6.45, 7) is 3.13. The topological polar surface area (TPSA) is 76.7 Å². The fourth-order valence-electron chi connectivity index (χ4n) is 2.42. The van der Waals surface area contributed by atoms with E-state index in [2.05, 4.69) is 0 Å². The molecule has 0 saturated carbocycles. The molecule has 0 bridgehead atoms. The van der Waals surface area contributed by atoms with Gasteiger partial charge in [0.15, 0.2) is 11.9 Å². The largest absolute Gasteiger partial charge is 0.479 e. The Bertz CT molecular complexity index is 1050. The lowest BCUT2D eigenvalue weighted by molar-refractivity contribution is -0.144. The van der Waals surface area contributed by atoms with Crippen LogP contribution < -0.4 is 10.2 Å². The number of carbonyl (C=O) groups is 1. The van der Waals surface area contributed by atoms with Gasteiger partial charge in [0.2, 0.25) is 11.2 Å². The smallest absolute Gasteiger partial charge is 0.344 e. The van der Waals surface area contributed by atoms with Crippen LogP contribution in [0.25, 0.3) is 22.3 Å². The first-order valence-corrected chi connectivity index (χ1v) is 8.46. The molecule has 3 aromatic rings. The molecule has 0 amide bonds. The van der Waals surface area contributed by atoms with E-state index < -0.39 is 17.5 Å². The van der Waals surface area contributed by atoms with Crippen molar-refractivity contribution in [2.24, 2.45) is 0 Å². The zero-order valence-corrected chi connectivity index (χ0v) is 15.4. The van der Waals surface area contributed by atoms with Crippen LogP contribution in [-0.2, 0) is 4.79 Å². The fourth-order valence-corrected chi connectivity index (χ4v) is 2.71. The summed E-state index contributed by atoms with van der Waals surface area (Å²) in [4.78, 5) is 24.1. The first-order valence-electron chi connectivity index (χ1n) is 7.70. The van der Waals surface area contributed by atoms with E-state index in [-0.39, 0.29) is 16.9 Å². The molecule has 1 unspecified atom stereocenters. The minimum atomic E-state index is -1.23. The van der Waals surface area contributed by atoms with Crippen LogP contribution in [0.4, 0.5) is 0 Å². The second-order valence-corrected chi connectivity index (χ2v) is 6.64. The van der Waals surface area contributed by atoms with Gasteiger partial charge in [-0.25, -0.2) is 4.79 Å². The highest BCUT2D eigenvalue weighted by molar-refractivity contribution is 6.32. The van der Waals surface area contributed by atoms with Crippen molar-refractivity contribution in [2.45, 2.75) is 20.0 Å². The van der Waals surface area contributed by atoms with Gasteiger partial charge in [-0.1, -0.05) is 23.2 Å². The Morgan fingerprint density at radius 2 is 1.85 bits per heavy atom. The molecule has 1 aromatic heterocycles. The monoisotopic (exact) mass is 392 g/mol. The molecule has 0 spiro atoms. The Balaban J connectivity index is 2.32. The molecule has 1 N–H and O–H groups in total. The lowest BCUT2D eigenvalue weighted by atomic mass is 10.1. The van der Waals surface area contributed by atoms with Crippen molar-refractivity contribution in [2.75, 3.05) is 0 Å². The summed E-state index contributed by atoms with van der Waals surface area (Å²) in [5.41, 5.74) is 1.12. The number of benzene rings is 2. The molecule has 0 aliphatic heterocycles. The second-order valence-electron chi connectivity index (χ2n) is 5.79. The predicted molar refractivity (Wildman–Crippen MR) is 100 cm³/mol. The standard InChI is InChI=1S/C19H14Cl2O5/c1-9-7-15-13(8-14(9)21)16(22)18(25-10(2)19(23)24)17(26-15)11-3-5-12(20)6-4-11/h3-8,10H,1-2H3,(H,23,24). The van der Waals surface area contributed by atoms with E-state index in [1.54, 1.807) is 37.3 Å². The molecule has 7 heteroatoms. The Kier molecular flexibility index (Phi) is 4.94. The van der Waals surface area contributed by atoms with Crippen molar-refractivity contribution in [3.8, 4) is 17.1 Å². The van der Waals surface area contributed by atoms with E-state index in [1.807, 2.05) is 0 Å². The van der Waals surface area contributed by atoms with Crippen LogP contribution in [0.2, 0.25) is 10.0 Å². The summed E-state index contributed by atoms with van der Waals surface area (Å²) >= 11 is 12.0. The molecule has 1 atom stereocenters. The van der Waals surface area contributed by atoms with Crippen LogP contribution in [0.15, 0.2) is 45.6 Å². The van der Waals surface area contributed by atoms with E-state index in [9.17, 15) is 9.59 Å². The molecule has 0 saturated heterocycles. The highest BCUT2D eigenvalue weighted by Gasteiger charge is 2.23. The third-order valence-electron chi connectivity index (χ3n) is 3.88. The average molecular weight is 393 g/mol. The molecule has 134 valence electrons. The van der Waals surface area contributed by atoms with Gasteiger partial charge in [-0.2, -0.15) is 0 Å². The van der Waals surface area contributed by atoms with E-state index in [1.165, 1.54) is 13.0 Å². The third kappa shape index (κ3) is 3.41. The van der Waals surface area contributed by atoms with Gasteiger partial charge in [0.1, 0.15) is 5.58 Å². The maximum absolute atomic E-state index is 12.9. The zero-order chi connectivity index (χ0) is 19.0. The highest BCUT2D eigenvalue weighted by atomic mass is 35.5. The van der Waals surface area contributed by atoms with Crippen LogP contribution in [0.5, 0.6) is 5.75 Å². The van der Waals surface area contributed by atoms with E-state index in [4.69, 9.17) is 37.5 Å². The van der Waals surface area contributed by atoms with E-state index in [0.29, 0.717) is 21.2 Å². The number of aryl methyl sites for hydroxylation is 1. The second kappa shape index (κ2) is 7.02. The number of ether oxygens (including phenoxy) is 1. The first kappa shape index (κ1) is 18.3. The van der Waals surface area contributed by atoms with Crippen LogP contribution in [-0.4, -0.2) is 17.2 Å². The number of carboxylic acids is 1. The first-order chi connectivity index (χ1) is 12.3. The highest BCUT2D eigenvalue weighted by Crippen LogP contribution is 2.33. The minimum Gasteiger partial charge on any atom is -0.479 e. The summed E-state index contributed by atoms with van der Waals surface area (Å²) < 4.78 is 11.3. The van der Waals surface area contributed by atoms with E-state index >= 15 is 0 Å². The lowest BCUT2D eigenvalue weighted by Crippen LogP contribution is -2.26. The van der Waals surface area contributed by atoms with Crippen LogP contribution in [0, 0.1) is 6.92 Å². The molecule has 5 nitrogen and oxygen atoms in total. The summed E-state index contributed by atoms with van der Waals surface area (Å²) in [5, 5.41) is 10.3. The van der Waals surface area contributed by atoms with Crippen LogP contribution >= 0.6 is 23.2 Å². The van der Waals surface area contributed by atoms with Gasteiger partial charge in [0.25, 0.3) is 0 Å². The minimum absolute atomic E-state index is 0.133. The Morgan fingerprint density at radius 3 is 2.46 bits per heavy atom. The van der Waals surface area contributed by atoms with Gasteiger partial charge in [-0.3, -0.25) is 4.79 Å². The molecule has 2 aromatic carbocycles. The number of hydrogen-bond donors (Lipinski definition) is 1. The molecule has 1 heterocycles. The number of hydrogen-bond acceptors (Lipinski definition) is 4. The maximum Gasteiger partial charge on any atom is 0.344 e. The predicted octanol–water partition coefficient (Wildman–Crippen LogP) is 4.93. The molecular weight excluding hydrogens is 379 g/mol. The van der Waals surface area contributed by atoms with Gasteiger partial charge in [0.05, 0.1) is 5.39 Å². The normalized spacial score (nSPS) is 12.2. The Hall–Kier alpha value is -2.50. The maximum atomic E-state index is 12.9. The average Bonchev–Trinajstić information content (AvgIpc) is 2.59. The van der Waals surface area contributed by atoms with Crippen molar-refractivity contribution in [1.82, 2.24) is 0 Å². The van der Waals surface area contributed by atoms with Gasteiger partial charge >= 0.3 is 5.97 Å². The molecule has 0 aliphatic rings. The molecule has 0 aliphatic carbocycles. The Morgan fingerprint density at radius 1 is 1.19 bits per heavy atom. The van der Waals surface area contributed by atoms with Gasteiger partial charge in [0, 0.05) is 15.6 Å². The number of halogens is 2. The third-order valence-corrected chi connectivity index (χ3v) is 4.54. The number of fused-ring (bicyclic) bond motifs is 1. The Labute approximate surface area is 158 Å². The number of rotatable bonds is 4. The lowest BCUT2D eigenvalue weighted by Gasteiger charge is -2.14. The van der Waals surface area contributed by atoms with Crippen molar-refractivity contribution in [3.05, 3.63) is 62.2 Å².